The SMILES string of the molecule is CCCCC(=O)[C@H]1O[C@@H]2OC(C)(C)O[C@@H]2[C@H]1OCc1ccc(Cl)c(Cl)c1Cl. The van der Waals surface area contributed by atoms with E-state index in [0.717, 1.165) is 12.8 Å². The molecule has 2 saturated heterocycles. The van der Waals surface area contributed by atoms with E-state index in [1.165, 1.54) is 0 Å². The summed E-state index contributed by atoms with van der Waals surface area (Å²) in [5.41, 5.74) is 0.674. The molecule has 0 radical (unpaired) electrons. The quantitative estimate of drug-likeness (QED) is 0.551. The van der Waals surface area contributed by atoms with Gasteiger partial charge in [-0.3, -0.25) is 4.79 Å². The Bertz CT molecular complexity index is 709. The van der Waals surface area contributed by atoms with Crippen LogP contribution in [0.15, 0.2) is 12.1 Å². The highest BCUT2D eigenvalue weighted by molar-refractivity contribution is 6.48. The van der Waals surface area contributed by atoms with Crippen molar-refractivity contribution in [2.75, 3.05) is 0 Å². The summed E-state index contributed by atoms with van der Waals surface area (Å²) >= 11 is 18.3. The van der Waals surface area contributed by atoms with E-state index in [1.54, 1.807) is 26.0 Å². The van der Waals surface area contributed by atoms with Crippen LogP contribution >= 0.6 is 34.8 Å². The van der Waals surface area contributed by atoms with Crippen LogP contribution < -0.4 is 0 Å². The highest BCUT2D eigenvalue weighted by atomic mass is 35.5. The van der Waals surface area contributed by atoms with E-state index >= 15 is 0 Å². The molecule has 5 nitrogen and oxygen atoms in total. The molecular formula is C19H23Cl3O5. The van der Waals surface area contributed by atoms with Crippen molar-refractivity contribution in [3.05, 3.63) is 32.8 Å². The second kappa shape index (κ2) is 8.54. The maximum absolute atomic E-state index is 12.6. The zero-order valence-corrected chi connectivity index (χ0v) is 17.7. The molecule has 8 heteroatoms. The molecule has 0 saturated carbocycles. The Labute approximate surface area is 174 Å². The summed E-state index contributed by atoms with van der Waals surface area (Å²) in [6, 6.07) is 3.40. The first-order valence-electron chi connectivity index (χ1n) is 9.01. The fourth-order valence-electron chi connectivity index (χ4n) is 3.28. The van der Waals surface area contributed by atoms with Gasteiger partial charge in [0.15, 0.2) is 17.9 Å². The van der Waals surface area contributed by atoms with Crippen LogP contribution in [0.25, 0.3) is 0 Å². The fraction of sp³-hybridized carbons (Fsp3) is 0.632. The summed E-state index contributed by atoms with van der Waals surface area (Å²) < 4.78 is 23.6. The number of hydrogen-bond donors (Lipinski definition) is 0. The van der Waals surface area contributed by atoms with Gasteiger partial charge in [0, 0.05) is 6.42 Å². The molecule has 0 aromatic heterocycles. The summed E-state index contributed by atoms with van der Waals surface area (Å²) in [7, 11) is 0. The Balaban J connectivity index is 1.76. The smallest absolute Gasteiger partial charge is 0.190 e. The summed E-state index contributed by atoms with van der Waals surface area (Å²) in [5.74, 6) is -0.809. The van der Waals surface area contributed by atoms with Gasteiger partial charge in [-0.25, -0.2) is 0 Å². The molecule has 2 heterocycles. The van der Waals surface area contributed by atoms with E-state index in [1.807, 2.05) is 6.92 Å². The number of ketones is 1. The third kappa shape index (κ3) is 4.61. The highest BCUT2D eigenvalue weighted by Crippen LogP contribution is 2.40. The van der Waals surface area contributed by atoms with Gasteiger partial charge in [0.25, 0.3) is 0 Å². The number of carbonyl (C=O) groups is 1. The molecule has 0 N–H and O–H groups in total. The van der Waals surface area contributed by atoms with E-state index in [2.05, 4.69) is 0 Å². The molecule has 2 aliphatic heterocycles. The number of Topliss-reactive ketones (excluding diaryl/α,β-unsaturated/α-hetero) is 1. The lowest BCUT2D eigenvalue weighted by Crippen LogP contribution is -2.40. The lowest BCUT2D eigenvalue weighted by atomic mass is 10.0. The van der Waals surface area contributed by atoms with Gasteiger partial charge < -0.3 is 18.9 Å². The van der Waals surface area contributed by atoms with Crippen molar-refractivity contribution in [2.24, 2.45) is 0 Å². The standard InChI is InChI=1S/C19H23Cl3O5/c1-4-5-6-12(23)15-16(17-18(25-15)27-19(2,3)26-17)24-9-10-7-8-11(20)14(22)13(10)21/h7-8,15-18H,4-6,9H2,1-3H3/t15-,16+,17-,18-/m1/s1. The summed E-state index contributed by atoms with van der Waals surface area (Å²) in [5, 5.41) is 0.978. The minimum absolute atomic E-state index is 0.0125. The second-order valence-electron chi connectivity index (χ2n) is 7.21. The van der Waals surface area contributed by atoms with Crippen LogP contribution in [0.3, 0.4) is 0 Å². The largest absolute Gasteiger partial charge is 0.367 e. The second-order valence-corrected chi connectivity index (χ2v) is 8.37. The van der Waals surface area contributed by atoms with Gasteiger partial charge in [0.1, 0.15) is 18.3 Å². The lowest BCUT2D eigenvalue weighted by molar-refractivity contribution is -0.218. The van der Waals surface area contributed by atoms with Gasteiger partial charge in [0.2, 0.25) is 0 Å². The van der Waals surface area contributed by atoms with Crippen LogP contribution in [-0.2, 0) is 30.3 Å². The van der Waals surface area contributed by atoms with Crippen LogP contribution in [0.4, 0.5) is 0 Å². The van der Waals surface area contributed by atoms with Gasteiger partial charge >= 0.3 is 0 Å². The lowest BCUT2D eigenvalue weighted by Gasteiger charge is -2.25. The molecule has 3 rings (SSSR count). The van der Waals surface area contributed by atoms with Gasteiger partial charge in [-0.1, -0.05) is 54.2 Å². The van der Waals surface area contributed by atoms with E-state index in [9.17, 15) is 4.79 Å². The number of halogens is 3. The predicted octanol–water partition coefficient (Wildman–Crippen LogP) is 5.17. The molecule has 150 valence electrons. The van der Waals surface area contributed by atoms with Crippen molar-refractivity contribution in [3.8, 4) is 0 Å². The Hall–Kier alpha value is -0.400. The van der Waals surface area contributed by atoms with Crippen LogP contribution in [0.2, 0.25) is 15.1 Å². The van der Waals surface area contributed by atoms with E-state index in [4.69, 9.17) is 53.8 Å². The zero-order chi connectivity index (χ0) is 19.8. The number of rotatable bonds is 7. The first-order valence-corrected chi connectivity index (χ1v) is 10.1. The number of ether oxygens (including phenoxy) is 4. The van der Waals surface area contributed by atoms with Crippen molar-refractivity contribution < 1.29 is 23.7 Å². The summed E-state index contributed by atoms with van der Waals surface area (Å²) in [6.45, 7) is 5.78. The average molecular weight is 438 g/mol. The molecule has 2 aliphatic rings. The molecule has 2 fully saturated rings. The third-order valence-corrected chi connectivity index (χ3v) is 5.96. The Morgan fingerprint density at radius 3 is 2.63 bits per heavy atom. The number of carbonyl (C=O) groups excluding carboxylic acids is 1. The molecule has 1 aromatic carbocycles. The number of hydrogen-bond acceptors (Lipinski definition) is 5. The number of fused-ring (bicyclic) bond motifs is 1. The Morgan fingerprint density at radius 1 is 1.19 bits per heavy atom. The van der Waals surface area contributed by atoms with Crippen LogP contribution in [-0.4, -0.2) is 36.2 Å². The molecule has 0 unspecified atom stereocenters. The van der Waals surface area contributed by atoms with Crippen LogP contribution in [0.5, 0.6) is 0 Å². The molecule has 27 heavy (non-hydrogen) atoms. The van der Waals surface area contributed by atoms with Crippen molar-refractivity contribution in [3.63, 3.8) is 0 Å². The molecule has 0 bridgehead atoms. The maximum Gasteiger partial charge on any atom is 0.190 e. The topological polar surface area (TPSA) is 54.0 Å². The zero-order valence-electron chi connectivity index (χ0n) is 15.5. The Morgan fingerprint density at radius 2 is 1.93 bits per heavy atom. The van der Waals surface area contributed by atoms with E-state index in [0.29, 0.717) is 22.0 Å². The fourth-order valence-corrected chi connectivity index (χ4v) is 3.89. The normalized spacial score (nSPS) is 29.1. The highest BCUT2D eigenvalue weighted by Gasteiger charge is 2.57. The molecule has 0 amide bonds. The summed E-state index contributed by atoms with van der Waals surface area (Å²) in [4.78, 5) is 12.6. The average Bonchev–Trinajstić information content (AvgIpc) is 3.09. The van der Waals surface area contributed by atoms with Crippen molar-refractivity contribution in [2.45, 2.75) is 77.0 Å². The Kier molecular flexibility index (Phi) is 6.74. The predicted molar refractivity (Wildman–Crippen MR) is 103 cm³/mol. The van der Waals surface area contributed by atoms with Crippen LogP contribution in [0.1, 0.15) is 45.6 Å². The molecule has 0 spiro atoms. The van der Waals surface area contributed by atoms with Gasteiger partial charge in [0.05, 0.1) is 21.7 Å². The molecule has 1 aromatic rings. The van der Waals surface area contributed by atoms with Crippen molar-refractivity contribution in [1.29, 1.82) is 0 Å². The maximum atomic E-state index is 12.6. The molecule has 0 aliphatic carbocycles. The number of benzene rings is 1. The first-order chi connectivity index (χ1) is 12.7. The number of unbranched alkanes of at least 4 members (excludes halogenated alkanes) is 1. The monoisotopic (exact) mass is 436 g/mol. The van der Waals surface area contributed by atoms with Gasteiger partial charge in [-0.15, -0.1) is 0 Å². The van der Waals surface area contributed by atoms with Gasteiger partial charge in [-0.05, 0) is 31.9 Å². The molecular weight excluding hydrogens is 415 g/mol. The van der Waals surface area contributed by atoms with Crippen molar-refractivity contribution >= 4 is 40.6 Å². The minimum atomic E-state index is -0.796. The molecule has 4 atom stereocenters. The third-order valence-electron chi connectivity index (χ3n) is 4.63. The minimum Gasteiger partial charge on any atom is -0.367 e. The van der Waals surface area contributed by atoms with E-state index in [-0.39, 0.29) is 17.4 Å². The van der Waals surface area contributed by atoms with Gasteiger partial charge in [-0.2, -0.15) is 0 Å². The van der Waals surface area contributed by atoms with Crippen LogP contribution in [0, 0.1) is 0 Å². The summed E-state index contributed by atoms with van der Waals surface area (Å²) in [6.07, 6.45) is -0.294. The van der Waals surface area contributed by atoms with Crippen molar-refractivity contribution in [1.82, 2.24) is 0 Å². The van der Waals surface area contributed by atoms with E-state index < -0.39 is 30.4 Å². The first kappa shape index (κ1) is 21.3.